The standard InChI is InChI=1S/C18H25N3O5/c1-18(2)16(23)21(17(24)19-18)9-8-15(22)20(3)11-12-6-7-13(25-4)14(10-12)26-5/h6-7,10H,8-9,11H2,1-5H3,(H,19,24). The second kappa shape index (κ2) is 7.63. The SMILES string of the molecule is COc1ccc(CN(C)C(=O)CCN2C(=O)NC(C)(C)C2=O)cc1OC. The van der Waals surface area contributed by atoms with E-state index < -0.39 is 11.6 Å². The van der Waals surface area contributed by atoms with Crippen molar-refractivity contribution >= 4 is 17.8 Å². The number of urea groups is 1. The number of nitrogens with one attached hydrogen (secondary N) is 1. The zero-order chi connectivity index (χ0) is 19.5. The van der Waals surface area contributed by atoms with Crippen molar-refractivity contribution in [3.63, 3.8) is 0 Å². The van der Waals surface area contributed by atoms with Gasteiger partial charge >= 0.3 is 6.03 Å². The number of hydrogen-bond acceptors (Lipinski definition) is 5. The Hall–Kier alpha value is -2.77. The van der Waals surface area contributed by atoms with Crippen molar-refractivity contribution in [1.82, 2.24) is 15.1 Å². The van der Waals surface area contributed by atoms with Crippen LogP contribution < -0.4 is 14.8 Å². The summed E-state index contributed by atoms with van der Waals surface area (Å²) >= 11 is 0. The lowest BCUT2D eigenvalue weighted by atomic mass is 10.1. The highest BCUT2D eigenvalue weighted by molar-refractivity contribution is 6.06. The summed E-state index contributed by atoms with van der Waals surface area (Å²) in [7, 11) is 4.79. The van der Waals surface area contributed by atoms with E-state index >= 15 is 0 Å². The van der Waals surface area contributed by atoms with E-state index in [0.717, 1.165) is 10.5 Å². The average molecular weight is 363 g/mol. The minimum atomic E-state index is -0.925. The number of imide groups is 1. The van der Waals surface area contributed by atoms with E-state index in [2.05, 4.69) is 5.32 Å². The predicted molar refractivity (Wildman–Crippen MR) is 95.0 cm³/mol. The molecule has 0 saturated carbocycles. The number of methoxy groups -OCH3 is 2. The van der Waals surface area contributed by atoms with Gasteiger partial charge in [0.05, 0.1) is 14.2 Å². The van der Waals surface area contributed by atoms with Crippen LogP contribution in [0.2, 0.25) is 0 Å². The molecule has 1 aromatic carbocycles. The Morgan fingerprint density at radius 1 is 1.19 bits per heavy atom. The maximum Gasteiger partial charge on any atom is 0.325 e. The van der Waals surface area contributed by atoms with Gasteiger partial charge in [-0.05, 0) is 31.5 Å². The number of rotatable bonds is 7. The third-order valence-electron chi connectivity index (χ3n) is 4.29. The van der Waals surface area contributed by atoms with Gasteiger partial charge in [0.1, 0.15) is 5.54 Å². The van der Waals surface area contributed by atoms with Gasteiger partial charge in [-0.2, -0.15) is 0 Å². The Morgan fingerprint density at radius 2 is 1.85 bits per heavy atom. The molecule has 1 aliphatic rings. The number of amides is 4. The van der Waals surface area contributed by atoms with E-state index in [9.17, 15) is 14.4 Å². The Labute approximate surface area is 153 Å². The third-order valence-corrected chi connectivity index (χ3v) is 4.29. The van der Waals surface area contributed by atoms with Crippen molar-refractivity contribution in [2.45, 2.75) is 32.4 Å². The summed E-state index contributed by atoms with van der Waals surface area (Å²) in [5.41, 5.74) is -0.0410. The van der Waals surface area contributed by atoms with E-state index in [1.807, 2.05) is 12.1 Å². The van der Waals surface area contributed by atoms with Crippen LogP contribution in [0.3, 0.4) is 0 Å². The molecule has 2 rings (SSSR count). The minimum absolute atomic E-state index is 0.0587. The van der Waals surface area contributed by atoms with Gasteiger partial charge in [-0.15, -0.1) is 0 Å². The van der Waals surface area contributed by atoms with E-state index in [1.54, 1.807) is 46.1 Å². The van der Waals surface area contributed by atoms with Gasteiger partial charge in [-0.25, -0.2) is 4.79 Å². The maximum absolute atomic E-state index is 12.4. The second-order valence-electron chi connectivity index (χ2n) is 6.70. The fourth-order valence-corrected chi connectivity index (χ4v) is 2.76. The Kier molecular flexibility index (Phi) is 5.74. The molecule has 1 fully saturated rings. The van der Waals surface area contributed by atoms with Crippen LogP contribution in [-0.2, 0) is 16.1 Å². The molecule has 26 heavy (non-hydrogen) atoms. The van der Waals surface area contributed by atoms with Crippen molar-refractivity contribution in [3.8, 4) is 11.5 Å². The highest BCUT2D eigenvalue weighted by atomic mass is 16.5. The van der Waals surface area contributed by atoms with Crippen LogP contribution in [0, 0.1) is 0 Å². The van der Waals surface area contributed by atoms with E-state index in [-0.39, 0.29) is 24.8 Å². The smallest absolute Gasteiger partial charge is 0.325 e. The average Bonchev–Trinajstić information content (AvgIpc) is 2.79. The van der Waals surface area contributed by atoms with Crippen LogP contribution in [0.1, 0.15) is 25.8 Å². The summed E-state index contributed by atoms with van der Waals surface area (Å²) in [6.07, 6.45) is 0.0685. The van der Waals surface area contributed by atoms with Gasteiger partial charge in [-0.3, -0.25) is 14.5 Å². The number of ether oxygens (including phenoxy) is 2. The van der Waals surface area contributed by atoms with Crippen molar-refractivity contribution in [3.05, 3.63) is 23.8 Å². The molecule has 0 spiro atoms. The lowest BCUT2D eigenvalue weighted by molar-refractivity contribution is -0.132. The van der Waals surface area contributed by atoms with Gasteiger partial charge in [0.25, 0.3) is 5.91 Å². The molecule has 142 valence electrons. The molecule has 0 unspecified atom stereocenters. The molecule has 0 atom stereocenters. The Morgan fingerprint density at radius 3 is 2.38 bits per heavy atom. The quantitative estimate of drug-likeness (QED) is 0.740. The summed E-state index contributed by atoms with van der Waals surface area (Å²) in [4.78, 5) is 39.0. The van der Waals surface area contributed by atoms with Crippen LogP contribution in [-0.4, -0.2) is 61.0 Å². The maximum atomic E-state index is 12.4. The largest absolute Gasteiger partial charge is 0.493 e. The Bertz CT molecular complexity index is 717. The molecule has 0 radical (unpaired) electrons. The molecule has 1 aliphatic heterocycles. The van der Waals surface area contributed by atoms with Crippen molar-refractivity contribution in [2.75, 3.05) is 27.8 Å². The topological polar surface area (TPSA) is 88.2 Å². The fourth-order valence-electron chi connectivity index (χ4n) is 2.76. The summed E-state index contributed by atoms with van der Waals surface area (Å²) in [5.74, 6) is 0.724. The first-order valence-electron chi connectivity index (χ1n) is 8.28. The first-order chi connectivity index (χ1) is 12.2. The van der Waals surface area contributed by atoms with E-state index in [0.29, 0.717) is 18.0 Å². The molecule has 0 aliphatic carbocycles. The third kappa shape index (κ3) is 4.07. The molecule has 1 saturated heterocycles. The predicted octanol–water partition coefficient (Wildman–Crippen LogP) is 1.38. The molecule has 8 nitrogen and oxygen atoms in total. The minimum Gasteiger partial charge on any atom is -0.493 e. The molecule has 1 heterocycles. The summed E-state index contributed by atoms with van der Waals surface area (Å²) in [6.45, 7) is 3.71. The molecule has 8 heteroatoms. The molecule has 1 aromatic rings. The van der Waals surface area contributed by atoms with Crippen LogP contribution in [0.4, 0.5) is 4.79 Å². The number of carbonyl (C=O) groups is 3. The van der Waals surface area contributed by atoms with Gasteiger partial charge in [0.2, 0.25) is 5.91 Å². The van der Waals surface area contributed by atoms with Crippen LogP contribution >= 0.6 is 0 Å². The Balaban J connectivity index is 1.94. The first kappa shape index (κ1) is 19.6. The number of nitrogens with zero attached hydrogens (tertiary/aromatic N) is 2. The normalized spacial score (nSPS) is 15.7. The zero-order valence-corrected chi connectivity index (χ0v) is 15.8. The number of carbonyl (C=O) groups excluding carboxylic acids is 3. The van der Waals surface area contributed by atoms with Gasteiger partial charge < -0.3 is 19.7 Å². The lowest BCUT2D eigenvalue weighted by Crippen LogP contribution is -2.40. The molecular weight excluding hydrogens is 338 g/mol. The molecule has 4 amide bonds. The van der Waals surface area contributed by atoms with Gasteiger partial charge in [0.15, 0.2) is 11.5 Å². The van der Waals surface area contributed by atoms with Gasteiger partial charge in [-0.1, -0.05) is 6.07 Å². The van der Waals surface area contributed by atoms with Gasteiger partial charge in [0, 0.05) is 26.6 Å². The van der Waals surface area contributed by atoms with Crippen molar-refractivity contribution in [2.24, 2.45) is 0 Å². The lowest BCUT2D eigenvalue weighted by Gasteiger charge is -2.20. The highest BCUT2D eigenvalue weighted by Crippen LogP contribution is 2.28. The molecular formula is C18H25N3O5. The van der Waals surface area contributed by atoms with Crippen LogP contribution in [0.25, 0.3) is 0 Å². The number of hydrogen-bond donors (Lipinski definition) is 1. The van der Waals surface area contributed by atoms with E-state index in [1.165, 1.54) is 0 Å². The second-order valence-corrected chi connectivity index (χ2v) is 6.70. The molecule has 1 N–H and O–H groups in total. The molecule has 0 bridgehead atoms. The number of benzene rings is 1. The van der Waals surface area contributed by atoms with Crippen molar-refractivity contribution in [1.29, 1.82) is 0 Å². The summed E-state index contributed by atoms with van der Waals surface area (Å²) in [5, 5.41) is 2.60. The highest BCUT2D eigenvalue weighted by Gasteiger charge is 2.44. The van der Waals surface area contributed by atoms with E-state index in [4.69, 9.17) is 9.47 Å². The summed E-state index contributed by atoms with van der Waals surface area (Å²) in [6, 6.07) is 4.98. The fraction of sp³-hybridized carbons (Fsp3) is 0.500. The summed E-state index contributed by atoms with van der Waals surface area (Å²) < 4.78 is 10.5. The zero-order valence-electron chi connectivity index (χ0n) is 15.8. The van der Waals surface area contributed by atoms with Crippen LogP contribution in [0.5, 0.6) is 11.5 Å². The van der Waals surface area contributed by atoms with Crippen LogP contribution in [0.15, 0.2) is 18.2 Å². The molecule has 0 aromatic heterocycles. The van der Waals surface area contributed by atoms with Crippen molar-refractivity contribution < 1.29 is 23.9 Å². The monoisotopic (exact) mass is 363 g/mol. The first-order valence-corrected chi connectivity index (χ1v) is 8.28.